The van der Waals surface area contributed by atoms with E-state index in [1.54, 1.807) is 0 Å². The summed E-state index contributed by atoms with van der Waals surface area (Å²) in [6.07, 6.45) is 6.24. The van der Waals surface area contributed by atoms with Crippen LogP contribution in [0.1, 0.15) is 31.4 Å². The monoisotopic (exact) mass is 251 g/mol. The van der Waals surface area contributed by atoms with Crippen LogP contribution in [-0.4, -0.2) is 46.9 Å². The van der Waals surface area contributed by atoms with E-state index in [9.17, 15) is 4.79 Å². The highest BCUT2D eigenvalue weighted by atomic mass is 16.5. The van der Waals surface area contributed by atoms with Crippen molar-refractivity contribution in [2.45, 2.75) is 32.7 Å². The molecule has 0 spiro atoms. The van der Waals surface area contributed by atoms with Crippen LogP contribution in [0.4, 0.5) is 0 Å². The topological polar surface area (TPSA) is 47.4 Å². The molecule has 0 N–H and O–H groups in total. The van der Waals surface area contributed by atoms with Gasteiger partial charge in [0.15, 0.2) is 0 Å². The maximum absolute atomic E-state index is 10.7. The van der Waals surface area contributed by atoms with Gasteiger partial charge in [0.25, 0.3) is 0 Å². The average molecular weight is 251 g/mol. The van der Waals surface area contributed by atoms with E-state index in [1.807, 2.05) is 6.20 Å². The van der Waals surface area contributed by atoms with Crippen molar-refractivity contribution in [2.75, 3.05) is 26.2 Å². The fourth-order valence-electron chi connectivity index (χ4n) is 2.36. The number of likely N-dealkylation sites (tertiary alicyclic amines) is 1. The Morgan fingerprint density at radius 3 is 2.78 bits per heavy atom. The number of nitrogens with zero attached hydrogens (tertiary/aromatic N) is 3. The summed E-state index contributed by atoms with van der Waals surface area (Å²) in [6, 6.07) is 0.517. The van der Waals surface area contributed by atoms with Crippen molar-refractivity contribution in [1.82, 2.24) is 14.7 Å². The molecule has 5 nitrogen and oxygen atoms in total. The van der Waals surface area contributed by atoms with Gasteiger partial charge in [-0.3, -0.25) is 14.4 Å². The summed E-state index contributed by atoms with van der Waals surface area (Å²) in [4.78, 5) is 13.0. The third-order valence-corrected chi connectivity index (χ3v) is 3.37. The molecule has 18 heavy (non-hydrogen) atoms. The van der Waals surface area contributed by atoms with Crippen LogP contribution in [0, 0.1) is 6.92 Å². The number of aryl methyl sites for hydroxylation is 1. The Labute approximate surface area is 108 Å². The molecule has 0 aromatic carbocycles. The number of hydrogen-bond donors (Lipinski definition) is 0. The van der Waals surface area contributed by atoms with E-state index in [0.717, 1.165) is 32.5 Å². The summed E-state index contributed by atoms with van der Waals surface area (Å²) in [5, 5.41) is 4.38. The molecule has 1 aromatic heterocycles. The molecule has 0 saturated carbocycles. The summed E-state index contributed by atoms with van der Waals surface area (Å²) in [7, 11) is 0. The highest BCUT2D eigenvalue weighted by Crippen LogP contribution is 2.21. The molecule has 1 aliphatic rings. The SMILES string of the molecule is CC(=O)OCCN1CCC(n2cc(C)cn2)CC1. The van der Waals surface area contributed by atoms with Gasteiger partial charge in [0.05, 0.1) is 12.2 Å². The van der Waals surface area contributed by atoms with Crippen molar-refractivity contribution in [2.24, 2.45) is 0 Å². The third-order valence-electron chi connectivity index (χ3n) is 3.37. The predicted octanol–water partition coefficient (Wildman–Crippen LogP) is 1.39. The first kappa shape index (κ1) is 13.1. The molecule has 0 amide bonds. The molecule has 0 atom stereocenters. The summed E-state index contributed by atoms with van der Waals surface area (Å²) in [5.41, 5.74) is 1.22. The average Bonchev–Trinajstić information content (AvgIpc) is 2.76. The molecule has 2 heterocycles. The van der Waals surface area contributed by atoms with Crippen molar-refractivity contribution in [3.63, 3.8) is 0 Å². The molecular formula is C13H21N3O2. The number of ether oxygens (including phenoxy) is 1. The first-order valence-corrected chi connectivity index (χ1v) is 6.51. The number of esters is 1. The first-order chi connectivity index (χ1) is 8.65. The van der Waals surface area contributed by atoms with Crippen molar-refractivity contribution >= 4 is 5.97 Å². The molecule has 1 fully saturated rings. The summed E-state index contributed by atoms with van der Waals surface area (Å²) in [5.74, 6) is -0.197. The van der Waals surface area contributed by atoms with Gasteiger partial charge in [-0.05, 0) is 25.3 Å². The van der Waals surface area contributed by atoms with Crippen LogP contribution < -0.4 is 0 Å². The molecule has 0 aliphatic carbocycles. The standard InChI is InChI=1S/C13H21N3O2/c1-11-9-14-16(10-11)13-3-5-15(6-4-13)7-8-18-12(2)17/h9-10,13H,3-8H2,1-2H3. The first-order valence-electron chi connectivity index (χ1n) is 6.51. The fraction of sp³-hybridized carbons (Fsp3) is 0.692. The Bertz CT molecular complexity index is 395. The summed E-state index contributed by atoms with van der Waals surface area (Å²) >= 11 is 0. The van der Waals surface area contributed by atoms with Crippen LogP contribution in [0.25, 0.3) is 0 Å². The Morgan fingerprint density at radius 2 is 2.22 bits per heavy atom. The van der Waals surface area contributed by atoms with Crippen LogP contribution >= 0.6 is 0 Å². The van der Waals surface area contributed by atoms with Crippen LogP contribution in [0.3, 0.4) is 0 Å². The number of carbonyl (C=O) groups is 1. The lowest BCUT2D eigenvalue weighted by Gasteiger charge is -2.31. The normalized spacial score (nSPS) is 17.9. The maximum Gasteiger partial charge on any atom is 0.302 e. The minimum absolute atomic E-state index is 0.197. The lowest BCUT2D eigenvalue weighted by Crippen LogP contribution is -2.37. The van der Waals surface area contributed by atoms with Crippen LogP contribution in [-0.2, 0) is 9.53 Å². The van der Waals surface area contributed by atoms with E-state index in [2.05, 4.69) is 27.8 Å². The minimum Gasteiger partial charge on any atom is -0.465 e. The Balaban J connectivity index is 1.73. The third kappa shape index (κ3) is 3.57. The smallest absolute Gasteiger partial charge is 0.302 e. The van der Waals surface area contributed by atoms with Crippen LogP contribution in [0.5, 0.6) is 0 Å². The van der Waals surface area contributed by atoms with Gasteiger partial charge in [-0.25, -0.2) is 0 Å². The highest BCUT2D eigenvalue weighted by Gasteiger charge is 2.20. The quantitative estimate of drug-likeness (QED) is 0.759. The van der Waals surface area contributed by atoms with Gasteiger partial charge < -0.3 is 4.74 Å². The van der Waals surface area contributed by atoms with Crippen molar-refractivity contribution in [3.05, 3.63) is 18.0 Å². The van der Waals surface area contributed by atoms with Gasteiger partial charge in [0.2, 0.25) is 0 Å². The van der Waals surface area contributed by atoms with E-state index in [4.69, 9.17) is 4.74 Å². The van der Waals surface area contributed by atoms with Crippen LogP contribution in [0.15, 0.2) is 12.4 Å². The largest absolute Gasteiger partial charge is 0.465 e. The number of rotatable bonds is 4. The van der Waals surface area contributed by atoms with E-state index in [-0.39, 0.29) is 5.97 Å². The fourth-order valence-corrected chi connectivity index (χ4v) is 2.36. The van der Waals surface area contributed by atoms with E-state index >= 15 is 0 Å². The zero-order chi connectivity index (χ0) is 13.0. The Morgan fingerprint density at radius 1 is 1.50 bits per heavy atom. The van der Waals surface area contributed by atoms with Gasteiger partial charge in [-0.15, -0.1) is 0 Å². The molecule has 2 rings (SSSR count). The molecule has 0 unspecified atom stereocenters. The molecule has 0 bridgehead atoms. The molecule has 1 aliphatic heterocycles. The second kappa shape index (κ2) is 6.00. The molecule has 5 heteroatoms. The molecule has 100 valence electrons. The zero-order valence-corrected chi connectivity index (χ0v) is 11.1. The molecule has 0 radical (unpaired) electrons. The van der Waals surface area contributed by atoms with Crippen molar-refractivity contribution < 1.29 is 9.53 Å². The molecule has 1 aromatic rings. The van der Waals surface area contributed by atoms with E-state index in [1.165, 1.54) is 12.5 Å². The highest BCUT2D eigenvalue weighted by molar-refractivity contribution is 5.65. The summed E-state index contributed by atoms with van der Waals surface area (Å²) < 4.78 is 7.04. The maximum atomic E-state index is 10.7. The zero-order valence-electron chi connectivity index (χ0n) is 11.1. The lowest BCUT2D eigenvalue weighted by molar-refractivity contribution is -0.141. The van der Waals surface area contributed by atoms with Crippen molar-refractivity contribution in [1.29, 1.82) is 0 Å². The van der Waals surface area contributed by atoms with Gasteiger partial charge >= 0.3 is 5.97 Å². The van der Waals surface area contributed by atoms with E-state index in [0.29, 0.717) is 12.6 Å². The number of piperidine rings is 1. The minimum atomic E-state index is -0.197. The van der Waals surface area contributed by atoms with Gasteiger partial charge in [-0.1, -0.05) is 0 Å². The van der Waals surface area contributed by atoms with Gasteiger partial charge in [-0.2, -0.15) is 5.10 Å². The predicted molar refractivity (Wildman–Crippen MR) is 68.3 cm³/mol. The Hall–Kier alpha value is -1.36. The van der Waals surface area contributed by atoms with E-state index < -0.39 is 0 Å². The van der Waals surface area contributed by atoms with Crippen LogP contribution in [0.2, 0.25) is 0 Å². The lowest BCUT2D eigenvalue weighted by atomic mass is 10.1. The number of carbonyl (C=O) groups excluding carboxylic acids is 1. The second-order valence-electron chi connectivity index (χ2n) is 4.91. The van der Waals surface area contributed by atoms with Gasteiger partial charge in [0, 0.05) is 32.8 Å². The van der Waals surface area contributed by atoms with Gasteiger partial charge in [0.1, 0.15) is 6.61 Å². The summed E-state index contributed by atoms with van der Waals surface area (Å²) in [6.45, 7) is 6.95. The second-order valence-corrected chi connectivity index (χ2v) is 4.91. The number of aromatic nitrogens is 2. The number of hydrogen-bond acceptors (Lipinski definition) is 4. The molecular weight excluding hydrogens is 230 g/mol. The Kier molecular flexibility index (Phi) is 4.36. The van der Waals surface area contributed by atoms with Crippen molar-refractivity contribution in [3.8, 4) is 0 Å². The molecule has 1 saturated heterocycles.